The minimum atomic E-state index is -4.57. The fourth-order valence-electron chi connectivity index (χ4n) is 2.52. The Morgan fingerprint density at radius 3 is 2.25 bits per heavy atom. The third kappa shape index (κ3) is 4.05. The molecule has 0 fully saturated rings. The molecule has 134 valence electrons. The van der Waals surface area contributed by atoms with Gasteiger partial charge in [-0.2, -0.15) is 13.2 Å². The number of amides is 1. The molecule has 1 atom stereocenters. The summed E-state index contributed by atoms with van der Waals surface area (Å²) in [6, 6.07) is 1.12. The monoisotopic (exact) mass is 347 g/mol. The van der Waals surface area contributed by atoms with E-state index in [1.807, 2.05) is 0 Å². The SMILES string of the molecule is COCC(=O)N(c1c(C)ccc(C(F)(F)F)c1C)C(C)C(=O)OC. The summed E-state index contributed by atoms with van der Waals surface area (Å²) in [5.74, 6) is -1.38. The maximum atomic E-state index is 13.2. The number of halogens is 3. The van der Waals surface area contributed by atoms with Crippen LogP contribution >= 0.6 is 0 Å². The lowest BCUT2D eigenvalue weighted by Crippen LogP contribution is -2.46. The summed E-state index contributed by atoms with van der Waals surface area (Å²) in [4.78, 5) is 25.2. The molecule has 8 heteroatoms. The summed E-state index contributed by atoms with van der Waals surface area (Å²) in [6.45, 7) is 3.84. The Morgan fingerprint density at radius 1 is 1.21 bits per heavy atom. The molecule has 1 unspecified atom stereocenters. The third-order valence-corrected chi connectivity index (χ3v) is 3.65. The largest absolute Gasteiger partial charge is 0.467 e. The average molecular weight is 347 g/mol. The van der Waals surface area contributed by atoms with Crippen molar-refractivity contribution in [3.63, 3.8) is 0 Å². The minimum absolute atomic E-state index is 0.0322. The van der Waals surface area contributed by atoms with Crippen molar-refractivity contribution in [1.29, 1.82) is 0 Å². The molecular weight excluding hydrogens is 327 g/mol. The van der Waals surface area contributed by atoms with Crippen molar-refractivity contribution < 1.29 is 32.2 Å². The molecule has 0 aromatic heterocycles. The number of esters is 1. The van der Waals surface area contributed by atoms with Gasteiger partial charge in [-0.25, -0.2) is 4.79 Å². The number of ether oxygens (including phenoxy) is 2. The second-order valence-corrected chi connectivity index (χ2v) is 5.30. The van der Waals surface area contributed by atoms with Crippen LogP contribution in [0.2, 0.25) is 0 Å². The Bertz CT molecular complexity index is 628. The molecule has 0 radical (unpaired) electrons. The quantitative estimate of drug-likeness (QED) is 0.769. The number of carbonyl (C=O) groups is 2. The van der Waals surface area contributed by atoms with Gasteiger partial charge in [-0.3, -0.25) is 9.69 Å². The predicted octanol–water partition coefficient (Wildman–Crippen LogP) is 2.86. The maximum absolute atomic E-state index is 13.2. The van der Waals surface area contributed by atoms with Gasteiger partial charge in [0, 0.05) is 7.11 Å². The molecule has 0 heterocycles. The number of methoxy groups -OCH3 is 2. The van der Waals surface area contributed by atoms with Gasteiger partial charge in [0.15, 0.2) is 0 Å². The fraction of sp³-hybridized carbons (Fsp3) is 0.500. The molecule has 5 nitrogen and oxygen atoms in total. The average Bonchev–Trinajstić information content (AvgIpc) is 2.48. The Balaban J connectivity index is 3.58. The van der Waals surface area contributed by atoms with Gasteiger partial charge in [0.2, 0.25) is 0 Å². The van der Waals surface area contributed by atoms with E-state index in [4.69, 9.17) is 4.74 Å². The van der Waals surface area contributed by atoms with E-state index in [1.165, 1.54) is 27.0 Å². The van der Waals surface area contributed by atoms with Gasteiger partial charge in [-0.15, -0.1) is 0 Å². The van der Waals surface area contributed by atoms with E-state index in [-0.39, 0.29) is 17.9 Å². The Kier molecular flexibility index (Phi) is 6.36. The molecule has 0 aliphatic carbocycles. The standard InChI is InChI=1S/C16H20F3NO4/c1-9-6-7-12(16(17,18)19)10(2)14(9)20(13(21)8-23-4)11(3)15(22)24-5/h6-7,11H,8H2,1-5H3. The molecular formula is C16H20F3NO4. The van der Waals surface area contributed by atoms with Crippen LogP contribution in [0.4, 0.5) is 18.9 Å². The highest BCUT2D eigenvalue weighted by Gasteiger charge is 2.37. The minimum Gasteiger partial charge on any atom is -0.467 e. The van der Waals surface area contributed by atoms with Crippen LogP contribution < -0.4 is 4.90 Å². The van der Waals surface area contributed by atoms with Crippen LogP contribution in [0.3, 0.4) is 0 Å². The van der Waals surface area contributed by atoms with Crippen molar-refractivity contribution in [3.05, 3.63) is 28.8 Å². The first-order valence-corrected chi connectivity index (χ1v) is 7.12. The summed E-state index contributed by atoms with van der Waals surface area (Å²) >= 11 is 0. The van der Waals surface area contributed by atoms with E-state index in [1.54, 1.807) is 6.92 Å². The van der Waals surface area contributed by atoms with E-state index in [2.05, 4.69) is 4.74 Å². The van der Waals surface area contributed by atoms with Crippen LogP contribution in [-0.2, 0) is 25.2 Å². The van der Waals surface area contributed by atoms with Crippen molar-refractivity contribution in [1.82, 2.24) is 0 Å². The first kappa shape index (κ1) is 20.0. The second-order valence-electron chi connectivity index (χ2n) is 5.30. The van der Waals surface area contributed by atoms with Gasteiger partial charge in [-0.05, 0) is 38.0 Å². The van der Waals surface area contributed by atoms with Crippen LogP contribution in [0.1, 0.15) is 23.6 Å². The fourth-order valence-corrected chi connectivity index (χ4v) is 2.52. The van der Waals surface area contributed by atoms with Gasteiger partial charge >= 0.3 is 12.1 Å². The van der Waals surface area contributed by atoms with E-state index >= 15 is 0 Å². The van der Waals surface area contributed by atoms with E-state index in [9.17, 15) is 22.8 Å². The lowest BCUT2D eigenvalue weighted by Gasteiger charge is -2.31. The Hall–Kier alpha value is -2.09. The van der Waals surface area contributed by atoms with Crippen molar-refractivity contribution in [2.24, 2.45) is 0 Å². The van der Waals surface area contributed by atoms with Crippen LogP contribution in [0, 0.1) is 13.8 Å². The molecule has 24 heavy (non-hydrogen) atoms. The zero-order valence-electron chi connectivity index (χ0n) is 14.2. The highest BCUT2D eigenvalue weighted by Crippen LogP contribution is 2.38. The molecule has 0 N–H and O–H groups in total. The molecule has 1 aromatic carbocycles. The summed E-state index contributed by atoms with van der Waals surface area (Å²) in [6.07, 6.45) is -4.57. The van der Waals surface area contributed by atoms with Crippen LogP contribution in [-0.4, -0.2) is 38.7 Å². The molecule has 1 amide bonds. The van der Waals surface area contributed by atoms with E-state index in [0.29, 0.717) is 5.56 Å². The number of hydrogen-bond donors (Lipinski definition) is 0. The predicted molar refractivity (Wildman–Crippen MR) is 81.8 cm³/mol. The number of carbonyl (C=O) groups excluding carboxylic acids is 2. The number of aryl methyl sites for hydroxylation is 1. The first-order chi connectivity index (χ1) is 11.1. The zero-order chi connectivity index (χ0) is 18.7. The topological polar surface area (TPSA) is 55.8 Å². The highest BCUT2D eigenvalue weighted by atomic mass is 19.4. The molecule has 1 aromatic rings. The second kappa shape index (κ2) is 7.65. The van der Waals surface area contributed by atoms with E-state index < -0.39 is 29.7 Å². The van der Waals surface area contributed by atoms with Crippen LogP contribution in [0.5, 0.6) is 0 Å². The molecule has 0 aliphatic heterocycles. The van der Waals surface area contributed by atoms with Crippen molar-refractivity contribution in [3.8, 4) is 0 Å². The Morgan fingerprint density at radius 2 is 1.79 bits per heavy atom. The Labute approximate surface area is 138 Å². The molecule has 0 saturated heterocycles. The normalized spacial score (nSPS) is 12.7. The van der Waals surface area contributed by atoms with Gasteiger partial charge < -0.3 is 9.47 Å². The maximum Gasteiger partial charge on any atom is 0.416 e. The van der Waals surface area contributed by atoms with E-state index in [0.717, 1.165) is 18.1 Å². The summed E-state index contributed by atoms with van der Waals surface area (Å²) in [5.41, 5.74) is -0.538. The number of anilines is 1. The zero-order valence-corrected chi connectivity index (χ0v) is 14.2. The number of benzene rings is 1. The smallest absolute Gasteiger partial charge is 0.416 e. The number of nitrogens with zero attached hydrogens (tertiary/aromatic N) is 1. The van der Waals surface area contributed by atoms with Crippen LogP contribution in [0.25, 0.3) is 0 Å². The molecule has 0 spiro atoms. The third-order valence-electron chi connectivity index (χ3n) is 3.65. The van der Waals surface area contributed by atoms with Gasteiger partial charge in [0.25, 0.3) is 5.91 Å². The van der Waals surface area contributed by atoms with Gasteiger partial charge in [-0.1, -0.05) is 6.07 Å². The van der Waals surface area contributed by atoms with Crippen molar-refractivity contribution in [2.75, 3.05) is 25.7 Å². The van der Waals surface area contributed by atoms with Crippen molar-refractivity contribution >= 4 is 17.6 Å². The number of rotatable bonds is 5. The number of hydrogen-bond acceptors (Lipinski definition) is 4. The first-order valence-electron chi connectivity index (χ1n) is 7.12. The van der Waals surface area contributed by atoms with Crippen LogP contribution in [0.15, 0.2) is 12.1 Å². The van der Waals surface area contributed by atoms with Crippen molar-refractivity contribution in [2.45, 2.75) is 33.0 Å². The lowest BCUT2D eigenvalue weighted by molar-refractivity contribution is -0.143. The summed E-state index contributed by atoms with van der Waals surface area (Å²) in [7, 11) is 2.43. The molecule has 0 saturated carbocycles. The molecule has 0 aliphatic rings. The lowest BCUT2D eigenvalue weighted by atomic mass is 10.00. The molecule has 0 bridgehead atoms. The summed E-state index contributed by atoms with van der Waals surface area (Å²) < 4.78 is 48.9. The van der Waals surface area contributed by atoms with Gasteiger partial charge in [0.05, 0.1) is 18.4 Å². The van der Waals surface area contributed by atoms with Gasteiger partial charge in [0.1, 0.15) is 12.6 Å². The summed E-state index contributed by atoms with van der Waals surface area (Å²) in [5, 5.41) is 0. The number of alkyl halides is 3. The highest BCUT2D eigenvalue weighted by molar-refractivity contribution is 6.01. The molecule has 1 rings (SSSR count).